The predicted molar refractivity (Wildman–Crippen MR) is 78.6 cm³/mol. The third kappa shape index (κ3) is 5.04. The van der Waals surface area contributed by atoms with Gasteiger partial charge >= 0.3 is 0 Å². The summed E-state index contributed by atoms with van der Waals surface area (Å²) in [6, 6.07) is 0.717. The van der Waals surface area contributed by atoms with E-state index in [2.05, 4.69) is 17.0 Å². The summed E-state index contributed by atoms with van der Waals surface area (Å²) in [7, 11) is -3.17. The molecule has 3 unspecified atom stereocenters. The highest BCUT2D eigenvalue weighted by atomic mass is 32.2. The number of hydrogen-bond acceptors (Lipinski definition) is 3. The standard InChI is InChI=1S/C14H28N2O2S/c1-11-4-3-5-14(7-6-11)16-19(17,18)12(2)10-15-13-8-9-13/h11-16H,3-10H2,1-2H3. The van der Waals surface area contributed by atoms with Crippen LogP contribution in [0.25, 0.3) is 0 Å². The normalized spacial score (nSPS) is 30.8. The molecule has 0 radical (unpaired) electrons. The Labute approximate surface area is 117 Å². The highest BCUT2D eigenvalue weighted by Gasteiger charge is 2.28. The Morgan fingerprint density at radius 1 is 1.05 bits per heavy atom. The molecule has 3 atom stereocenters. The van der Waals surface area contributed by atoms with Crippen LogP contribution in [0.5, 0.6) is 0 Å². The molecule has 2 aliphatic carbocycles. The summed E-state index contributed by atoms with van der Waals surface area (Å²) in [6.45, 7) is 4.64. The Kier molecular flexibility index (Phi) is 5.26. The average molecular weight is 288 g/mol. The van der Waals surface area contributed by atoms with E-state index in [1.165, 1.54) is 19.3 Å². The molecule has 0 aromatic heterocycles. The Morgan fingerprint density at radius 3 is 2.42 bits per heavy atom. The van der Waals surface area contributed by atoms with E-state index in [0.29, 0.717) is 12.6 Å². The molecule has 19 heavy (non-hydrogen) atoms. The zero-order valence-corrected chi connectivity index (χ0v) is 13.0. The van der Waals surface area contributed by atoms with E-state index in [0.717, 1.165) is 31.6 Å². The average Bonchev–Trinajstić information content (AvgIpc) is 3.16. The van der Waals surface area contributed by atoms with Gasteiger partial charge in [0, 0.05) is 18.6 Å². The van der Waals surface area contributed by atoms with Crippen LogP contribution in [0.2, 0.25) is 0 Å². The van der Waals surface area contributed by atoms with Crippen LogP contribution in [0, 0.1) is 5.92 Å². The van der Waals surface area contributed by atoms with Gasteiger partial charge in [-0.1, -0.05) is 19.8 Å². The van der Waals surface area contributed by atoms with Crippen LogP contribution in [0.4, 0.5) is 0 Å². The van der Waals surface area contributed by atoms with Gasteiger partial charge in [0.2, 0.25) is 10.0 Å². The minimum atomic E-state index is -3.17. The molecule has 0 amide bonds. The van der Waals surface area contributed by atoms with Crippen molar-refractivity contribution in [2.45, 2.75) is 76.1 Å². The van der Waals surface area contributed by atoms with Gasteiger partial charge in [0.15, 0.2) is 0 Å². The molecule has 2 rings (SSSR count). The van der Waals surface area contributed by atoms with Crippen LogP contribution in [0.1, 0.15) is 58.8 Å². The minimum Gasteiger partial charge on any atom is -0.313 e. The zero-order valence-electron chi connectivity index (χ0n) is 12.2. The Morgan fingerprint density at radius 2 is 1.74 bits per heavy atom. The molecule has 4 nitrogen and oxygen atoms in total. The van der Waals surface area contributed by atoms with Crippen LogP contribution < -0.4 is 10.0 Å². The second-order valence-electron chi connectivity index (χ2n) is 6.47. The third-order valence-electron chi connectivity index (χ3n) is 4.39. The van der Waals surface area contributed by atoms with Gasteiger partial charge in [0.05, 0.1) is 5.25 Å². The molecule has 0 aromatic rings. The summed E-state index contributed by atoms with van der Waals surface area (Å²) in [4.78, 5) is 0. The minimum absolute atomic E-state index is 0.151. The maximum Gasteiger partial charge on any atom is 0.215 e. The smallest absolute Gasteiger partial charge is 0.215 e. The van der Waals surface area contributed by atoms with Gasteiger partial charge in [-0.3, -0.25) is 0 Å². The van der Waals surface area contributed by atoms with Crippen LogP contribution in [0.3, 0.4) is 0 Å². The lowest BCUT2D eigenvalue weighted by Gasteiger charge is -2.20. The van der Waals surface area contributed by atoms with Crippen molar-refractivity contribution < 1.29 is 8.42 Å². The van der Waals surface area contributed by atoms with E-state index < -0.39 is 10.0 Å². The maximum absolute atomic E-state index is 12.3. The van der Waals surface area contributed by atoms with Gasteiger partial charge in [-0.05, 0) is 44.9 Å². The fraction of sp³-hybridized carbons (Fsp3) is 1.00. The van der Waals surface area contributed by atoms with E-state index >= 15 is 0 Å². The quantitative estimate of drug-likeness (QED) is 0.735. The molecule has 0 bridgehead atoms. The van der Waals surface area contributed by atoms with Crippen molar-refractivity contribution in [2.75, 3.05) is 6.54 Å². The molecule has 0 saturated heterocycles. The summed E-state index contributed by atoms with van der Waals surface area (Å²) in [5.41, 5.74) is 0. The lowest BCUT2D eigenvalue weighted by molar-refractivity contribution is 0.480. The Hall–Kier alpha value is -0.130. The molecule has 0 aliphatic heterocycles. The molecular formula is C14H28N2O2S. The topological polar surface area (TPSA) is 58.2 Å². The molecule has 0 aromatic carbocycles. The van der Waals surface area contributed by atoms with E-state index in [4.69, 9.17) is 0 Å². The molecule has 0 heterocycles. The fourth-order valence-electron chi connectivity index (χ4n) is 2.68. The summed E-state index contributed by atoms with van der Waals surface area (Å²) in [5, 5.41) is 2.96. The molecular weight excluding hydrogens is 260 g/mol. The van der Waals surface area contributed by atoms with Crippen molar-refractivity contribution in [1.29, 1.82) is 0 Å². The highest BCUT2D eigenvalue weighted by molar-refractivity contribution is 7.90. The first-order chi connectivity index (χ1) is 8.97. The van der Waals surface area contributed by atoms with Gasteiger partial charge in [-0.25, -0.2) is 13.1 Å². The number of sulfonamides is 1. The summed E-state index contributed by atoms with van der Waals surface area (Å²) in [6.07, 6.45) is 7.89. The number of rotatable bonds is 6. The lowest BCUT2D eigenvalue weighted by Crippen LogP contribution is -2.43. The van der Waals surface area contributed by atoms with Crippen molar-refractivity contribution in [3.8, 4) is 0 Å². The molecule has 2 N–H and O–H groups in total. The van der Waals surface area contributed by atoms with Crippen molar-refractivity contribution in [1.82, 2.24) is 10.0 Å². The van der Waals surface area contributed by atoms with Gasteiger partial charge in [0.1, 0.15) is 0 Å². The first kappa shape index (κ1) is 15.3. The van der Waals surface area contributed by atoms with Crippen LogP contribution >= 0.6 is 0 Å². The molecule has 0 spiro atoms. The lowest BCUT2D eigenvalue weighted by atomic mass is 10.0. The van der Waals surface area contributed by atoms with Crippen molar-refractivity contribution in [3.05, 3.63) is 0 Å². The molecule has 5 heteroatoms. The van der Waals surface area contributed by atoms with E-state index in [1.54, 1.807) is 6.92 Å². The second-order valence-corrected chi connectivity index (χ2v) is 8.60. The van der Waals surface area contributed by atoms with Crippen molar-refractivity contribution in [2.24, 2.45) is 5.92 Å². The summed E-state index contributed by atoms with van der Waals surface area (Å²) >= 11 is 0. The van der Waals surface area contributed by atoms with Gasteiger partial charge in [-0.2, -0.15) is 0 Å². The Bertz CT molecular complexity index is 379. The van der Waals surface area contributed by atoms with Crippen molar-refractivity contribution in [3.63, 3.8) is 0 Å². The van der Waals surface area contributed by atoms with Crippen LogP contribution in [-0.4, -0.2) is 32.3 Å². The van der Waals surface area contributed by atoms with Crippen LogP contribution in [0.15, 0.2) is 0 Å². The second kappa shape index (κ2) is 6.55. The first-order valence-electron chi connectivity index (χ1n) is 7.72. The molecule has 2 aliphatic rings. The SMILES string of the molecule is CC1CCCC(NS(=O)(=O)C(C)CNC2CC2)CC1. The van der Waals surface area contributed by atoms with Gasteiger partial charge < -0.3 is 5.32 Å². The van der Waals surface area contributed by atoms with Gasteiger partial charge in [0.25, 0.3) is 0 Å². The monoisotopic (exact) mass is 288 g/mol. The molecule has 2 saturated carbocycles. The van der Waals surface area contributed by atoms with Crippen molar-refractivity contribution >= 4 is 10.0 Å². The largest absolute Gasteiger partial charge is 0.313 e. The Balaban J connectivity index is 1.80. The highest BCUT2D eigenvalue weighted by Crippen LogP contribution is 2.23. The molecule has 2 fully saturated rings. The summed E-state index contributed by atoms with van der Waals surface area (Å²) in [5.74, 6) is 0.739. The van der Waals surface area contributed by atoms with Gasteiger partial charge in [-0.15, -0.1) is 0 Å². The predicted octanol–water partition coefficient (Wildman–Crippen LogP) is 2.02. The van der Waals surface area contributed by atoms with E-state index in [9.17, 15) is 8.42 Å². The maximum atomic E-state index is 12.3. The third-order valence-corrected chi connectivity index (χ3v) is 6.28. The summed E-state index contributed by atoms with van der Waals surface area (Å²) < 4.78 is 27.5. The van der Waals surface area contributed by atoms with E-state index in [1.807, 2.05) is 0 Å². The number of hydrogen-bond donors (Lipinski definition) is 2. The fourth-order valence-corrected chi connectivity index (χ4v) is 3.93. The van der Waals surface area contributed by atoms with E-state index in [-0.39, 0.29) is 11.3 Å². The number of nitrogens with one attached hydrogen (secondary N) is 2. The zero-order chi connectivity index (χ0) is 13.9. The first-order valence-corrected chi connectivity index (χ1v) is 9.26. The molecule has 112 valence electrons. The van der Waals surface area contributed by atoms with Crippen LogP contribution in [-0.2, 0) is 10.0 Å².